The second-order valence-electron chi connectivity index (χ2n) is 4.05. The van der Waals surface area contributed by atoms with Crippen molar-refractivity contribution in [2.24, 2.45) is 0 Å². The largest absolute Gasteiger partial charge is 0.395 e. The fourth-order valence-corrected chi connectivity index (χ4v) is 1.86. The molecule has 0 spiro atoms. The first kappa shape index (κ1) is 15.3. The number of halogens is 2. The van der Waals surface area contributed by atoms with Crippen LogP contribution in [-0.2, 0) is 6.54 Å². The lowest BCUT2D eigenvalue weighted by Gasteiger charge is -2.24. The quantitative estimate of drug-likeness (QED) is 0.784. The molecule has 0 bridgehead atoms. The molecule has 1 aromatic rings. The first-order chi connectivity index (χ1) is 9.12. The van der Waals surface area contributed by atoms with Crippen molar-refractivity contribution in [3.63, 3.8) is 0 Å². The van der Waals surface area contributed by atoms with Crippen LogP contribution < -0.4 is 10.2 Å². The van der Waals surface area contributed by atoms with Crippen LogP contribution in [0.1, 0.15) is 11.1 Å². The number of hydrogen-bond acceptors (Lipinski definition) is 4. The van der Waals surface area contributed by atoms with Gasteiger partial charge in [0.05, 0.1) is 24.4 Å². The van der Waals surface area contributed by atoms with Crippen LogP contribution in [0.25, 0.3) is 0 Å². The second-order valence-corrected chi connectivity index (χ2v) is 4.05. The highest BCUT2D eigenvalue weighted by Crippen LogP contribution is 2.22. The van der Waals surface area contributed by atoms with Gasteiger partial charge in [-0.05, 0) is 24.7 Å². The molecule has 0 fully saturated rings. The summed E-state index contributed by atoms with van der Waals surface area (Å²) in [5, 5.41) is 21.0. The minimum Gasteiger partial charge on any atom is -0.395 e. The van der Waals surface area contributed by atoms with Gasteiger partial charge in [-0.1, -0.05) is 6.07 Å². The number of hydrogen-bond donors (Lipinski definition) is 2. The van der Waals surface area contributed by atoms with Crippen LogP contribution >= 0.6 is 0 Å². The molecule has 1 rings (SSSR count). The summed E-state index contributed by atoms with van der Waals surface area (Å²) >= 11 is 0. The fraction of sp³-hybridized carbons (Fsp3) is 0.462. The van der Waals surface area contributed by atoms with E-state index in [0.717, 1.165) is 5.56 Å². The van der Waals surface area contributed by atoms with Crippen LogP contribution in [0.3, 0.4) is 0 Å². The third-order valence-corrected chi connectivity index (χ3v) is 2.63. The summed E-state index contributed by atoms with van der Waals surface area (Å²) in [4.78, 5) is 1.33. The molecule has 19 heavy (non-hydrogen) atoms. The Labute approximate surface area is 111 Å². The van der Waals surface area contributed by atoms with Gasteiger partial charge in [-0.25, -0.2) is 8.78 Å². The minimum atomic E-state index is -2.52. The summed E-state index contributed by atoms with van der Waals surface area (Å²) in [7, 11) is 1.79. The average Bonchev–Trinajstić information content (AvgIpc) is 2.38. The van der Waals surface area contributed by atoms with E-state index in [4.69, 9.17) is 10.4 Å². The molecule has 0 atom stereocenters. The Hall–Kier alpha value is -1.71. The fourth-order valence-electron chi connectivity index (χ4n) is 1.86. The highest BCUT2D eigenvalue weighted by Gasteiger charge is 2.16. The van der Waals surface area contributed by atoms with Crippen molar-refractivity contribution in [1.29, 1.82) is 5.26 Å². The Morgan fingerprint density at radius 2 is 2.21 bits per heavy atom. The molecule has 4 nitrogen and oxygen atoms in total. The monoisotopic (exact) mass is 269 g/mol. The number of aliphatic hydroxyl groups is 1. The Morgan fingerprint density at radius 1 is 1.47 bits per heavy atom. The molecule has 0 amide bonds. The maximum Gasteiger partial charge on any atom is 0.255 e. The van der Waals surface area contributed by atoms with Gasteiger partial charge in [-0.15, -0.1) is 0 Å². The van der Waals surface area contributed by atoms with E-state index in [9.17, 15) is 8.78 Å². The lowest BCUT2D eigenvalue weighted by Crippen LogP contribution is -2.32. The molecule has 0 saturated heterocycles. The topological polar surface area (TPSA) is 59.3 Å². The molecule has 2 N–H and O–H groups in total. The van der Waals surface area contributed by atoms with E-state index in [2.05, 4.69) is 5.32 Å². The van der Waals surface area contributed by atoms with Crippen molar-refractivity contribution < 1.29 is 13.9 Å². The van der Waals surface area contributed by atoms with E-state index in [-0.39, 0.29) is 13.2 Å². The number of benzene rings is 1. The number of nitrogens with zero attached hydrogens (tertiary/aromatic N) is 2. The predicted octanol–water partition coefficient (Wildman–Crippen LogP) is 1.34. The zero-order valence-corrected chi connectivity index (χ0v) is 10.7. The summed E-state index contributed by atoms with van der Waals surface area (Å²) < 4.78 is 25.0. The SMILES string of the molecule is CNCc1ccc(N(CCO)CC(F)F)c(C#N)c1. The normalized spacial score (nSPS) is 10.5. The predicted molar refractivity (Wildman–Crippen MR) is 69.2 cm³/mol. The zero-order chi connectivity index (χ0) is 14.3. The third kappa shape index (κ3) is 4.47. The lowest BCUT2D eigenvalue weighted by atomic mass is 10.1. The van der Waals surface area contributed by atoms with Gasteiger partial charge in [0, 0.05) is 13.1 Å². The van der Waals surface area contributed by atoms with E-state index < -0.39 is 13.0 Å². The van der Waals surface area contributed by atoms with Crippen molar-refractivity contribution in [3.05, 3.63) is 29.3 Å². The van der Waals surface area contributed by atoms with Crippen LogP contribution in [0, 0.1) is 11.3 Å². The van der Waals surface area contributed by atoms with E-state index in [1.807, 2.05) is 6.07 Å². The molecule has 0 unspecified atom stereocenters. The average molecular weight is 269 g/mol. The number of alkyl halides is 2. The van der Waals surface area contributed by atoms with Gasteiger partial charge >= 0.3 is 0 Å². The van der Waals surface area contributed by atoms with Crippen LogP contribution in [0.2, 0.25) is 0 Å². The Kier molecular flexibility index (Phi) is 6.19. The van der Waals surface area contributed by atoms with Crippen molar-refractivity contribution in [2.45, 2.75) is 13.0 Å². The first-order valence-electron chi connectivity index (χ1n) is 5.94. The Bertz CT molecular complexity index is 446. The van der Waals surface area contributed by atoms with Crippen molar-refractivity contribution in [1.82, 2.24) is 5.32 Å². The summed E-state index contributed by atoms with van der Waals surface area (Å²) in [5.41, 5.74) is 1.67. The molecule has 104 valence electrons. The van der Waals surface area contributed by atoms with Gasteiger partial charge in [0.2, 0.25) is 0 Å². The third-order valence-electron chi connectivity index (χ3n) is 2.63. The van der Waals surface area contributed by atoms with E-state index in [1.54, 1.807) is 25.2 Å². The Balaban J connectivity index is 3.04. The van der Waals surface area contributed by atoms with E-state index in [0.29, 0.717) is 17.8 Å². The van der Waals surface area contributed by atoms with Crippen LogP contribution in [0.15, 0.2) is 18.2 Å². The number of rotatable bonds is 7. The summed E-state index contributed by atoms with van der Waals surface area (Å²) in [6, 6.07) is 7.10. The summed E-state index contributed by atoms with van der Waals surface area (Å²) in [6.45, 7) is -0.0648. The number of nitrogens with one attached hydrogen (secondary N) is 1. The molecule has 0 aliphatic heterocycles. The lowest BCUT2D eigenvalue weighted by molar-refractivity contribution is 0.153. The van der Waals surface area contributed by atoms with Gasteiger partial charge in [0.1, 0.15) is 6.07 Å². The summed E-state index contributed by atoms with van der Waals surface area (Å²) in [5.74, 6) is 0. The number of nitriles is 1. The minimum absolute atomic E-state index is 0.0738. The molecule has 0 aliphatic rings. The second kappa shape index (κ2) is 7.67. The van der Waals surface area contributed by atoms with Crippen molar-refractivity contribution >= 4 is 5.69 Å². The van der Waals surface area contributed by atoms with Gasteiger partial charge in [-0.2, -0.15) is 5.26 Å². The number of aliphatic hydroxyl groups excluding tert-OH is 1. The van der Waals surface area contributed by atoms with Gasteiger partial charge < -0.3 is 15.3 Å². The van der Waals surface area contributed by atoms with Crippen LogP contribution in [0.5, 0.6) is 0 Å². The van der Waals surface area contributed by atoms with Gasteiger partial charge in [0.25, 0.3) is 6.43 Å². The highest BCUT2D eigenvalue weighted by atomic mass is 19.3. The number of anilines is 1. The standard InChI is InChI=1S/C13H17F2N3O/c1-17-8-10-2-3-12(11(6-10)7-16)18(4-5-19)9-13(14)15/h2-3,6,13,17,19H,4-5,8-9H2,1H3. The molecule has 1 aromatic carbocycles. The van der Waals surface area contributed by atoms with Crippen molar-refractivity contribution in [2.75, 3.05) is 31.6 Å². The van der Waals surface area contributed by atoms with Crippen molar-refractivity contribution in [3.8, 4) is 6.07 Å². The van der Waals surface area contributed by atoms with Gasteiger partial charge in [0.15, 0.2) is 0 Å². The Morgan fingerprint density at radius 3 is 2.74 bits per heavy atom. The molecular formula is C13H17F2N3O. The molecular weight excluding hydrogens is 252 g/mol. The molecule has 6 heteroatoms. The highest BCUT2D eigenvalue weighted by molar-refractivity contribution is 5.60. The molecule has 0 saturated carbocycles. The maximum atomic E-state index is 12.5. The van der Waals surface area contributed by atoms with Crippen LogP contribution in [0.4, 0.5) is 14.5 Å². The molecule has 0 heterocycles. The first-order valence-corrected chi connectivity index (χ1v) is 5.94. The molecule has 0 radical (unpaired) electrons. The smallest absolute Gasteiger partial charge is 0.255 e. The van der Waals surface area contributed by atoms with E-state index in [1.165, 1.54) is 4.90 Å². The van der Waals surface area contributed by atoms with Gasteiger partial charge in [-0.3, -0.25) is 0 Å². The summed E-state index contributed by atoms with van der Waals surface area (Å²) in [6.07, 6.45) is -2.52. The zero-order valence-electron chi connectivity index (χ0n) is 10.7. The molecule has 0 aliphatic carbocycles. The van der Waals surface area contributed by atoms with E-state index >= 15 is 0 Å². The maximum absolute atomic E-state index is 12.5. The molecule has 0 aromatic heterocycles. The van der Waals surface area contributed by atoms with Crippen LogP contribution in [-0.4, -0.2) is 38.3 Å².